The second-order valence-corrected chi connectivity index (χ2v) is 5.57. The van der Waals surface area contributed by atoms with Gasteiger partial charge in [0.25, 0.3) is 0 Å². The first-order chi connectivity index (χ1) is 10.1. The predicted octanol–water partition coefficient (Wildman–Crippen LogP) is 0.775. The first-order valence-electron chi connectivity index (χ1n) is 7.05. The van der Waals surface area contributed by atoms with E-state index in [4.69, 9.17) is 12.6 Å². The molecule has 1 aromatic carbocycles. The number of nitrogens with zero attached hydrogens (tertiary/aromatic N) is 2. The summed E-state index contributed by atoms with van der Waals surface area (Å²) in [5.74, 6) is -0.764. The summed E-state index contributed by atoms with van der Waals surface area (Å²) in [7, 11) is 6.78. The Labute approximate surface area is 125 Å². The molecule has 2 saturated heterocycles. The summed E-state index contributed by atoms with van der Waals surface area (Å²) in [6, 6.07) is 9.54. The van der Waals surface area contributed by atoms with E-state index in [9.17, 15) is 9.59 Å². The number of hydrogen-bond acceptors (Lipinski definition) is 4. The van der Waals surface area contributed by atoms with Gasteiger partial charge in [-0.25, -0.2) is 0 Å². The van der Waals surface area contributed by atoms with Gasteiger partial charge in [-0.05, 0) is 12.0 Å². The van der Waals surface area contributed by atoms with E-state index in [1.165, 1.54) is 7.11 Å². The van der Waals surface area contributed by atoms with Crippen molar-refractivity contribution in [3.05, 3.63) is 35.9 Å². The molecule has 2 aliphatic rings. The van der Waals surface area contributed by atoms with Crippen LogP contribution in [0, 0.1) is 0 Å². The largest absolute Gasteiger partial charge is 0.468 e. The van der Waals surface area contributed by atoms with Crippen LogP contribution in [0.15, 0.2) is 30.3 Å². The molecule has 2 aliphatic heterocycles. The van der Waals surface area contributed by atoms with Crippen LogP contribution in [-0.2, 0) is 16.1 Å². The van der Waals surface area contributed by atoms with Gasteiger partial charge in [0.15, 0.2) is 5.81 Å². The summed E-state index contributed by atoms with van der Waals surface area (Å²) in [6.45, 7) is 1.26. The van der Waals surface area contributed by atoms with Crippen molar-refractivity contribution >= 4 is 19.6 Å². The standard InChI is InChI=1S/C15H17BN2O3/c1-21-14(19)13-12-7-11(9-18(12)15(16)20)17(13)8-10-5-3-2-4-6-10/h2-6,11-13H,7-9H2,1H3. The number of ether oxygens (including phenoxy) is 1. The van der Waals surface area contributed by atoms with Crippen molar-refractivity contribution in [2.24, 2.45) is 0 Å². The fourth-order valence-corrected chi connectivity index (χ4v) is 3.52. The molecule has 3 rings (SSSR count). The highest BCUT2D eigenvalue weighted by molar-refractivity contribution is 6.57. The highest BCUT2D eigenvalue weighted by atomic mass is 16.5. The van der Waals surface area contributed by atoms with Gasteiger partial charge in [0.1, 0.15) is 6.04 Å². The second-order valence-electron chi connectivity index (χ2n) is 5.57. The number of benzene rings is 1. The number of rotatable bonds is 3. The molecule has 0 N–H and O–H groups in total. The molecular formula is C15H17BN2O3. The SMILES string of the molecule is [B]C(=O)N1CC2CC1C(C(=O)OC)N2Cc1ccccc1. The van der Waals surface area contributed by atoms with Crippen molar-refractivity contribution in [2.45, 2.75) is 31.1 Å². The summed E-state index contributed by atoms with van der Waals surface area (Å²) >= 11 is 0. The van der Waals surface area contributed by atoms with Crippen LogP contribution in [0.25, 0.3) is 0 Å². The average molecular weight is 284 g/mol. The minimum Gasteiger partial charge on any atom is -0.468 e. The van der Waals surface area contributed by atoms with Gasteiger partial charge in [0.2, 0.25) is 7.85 Å². The molecule has 2 radical (unpaired) electrons. The maximum Gasteiger partial charge on any atom is 0.325 e. The quantitative estimate of drug-likeness (QED) is 0.608. The molecule has 2 bridgehead atoms. The second kappa shape index (κ2) is 5.52. The minimum absolute atomic E-state index is 0.159. The van der Waals surface area contributed by atoms with E-state index < -0.39 is 11.8 Å². The van der Waals surface area contributed by atoms with Crippen molar-refractivity contribution in [3.8, 4) is 0 Å². The number of fused-ring (bicyclic) bond motifs is 2. The smallest absolute Gasteiger partial charge is 0.325 e. The molecule has 108 valence electrons. The molecule has 1 amide bonds. The molecule has 6 heteroatoms. The average Bonchev–Trinajstić information content (AvgIpc) is 3.06. The van der Waals surface area contributed by atoms with E-state index in [1.54, 1.807) is 4.90 Å². The Balaban J connectivity index is 1.83. The van der Waals surface area contributed by atoms with Crippen LogP contribution in [0.3, 0.4) is 0 Å². The zero-order valence-electron chi connectivity index (χ0n) is 11.9. The molecule has 0 aliphatic carbocycles. The highest BCUT2D eigenvalue weighted by Crippen LogP contribution is 2.37. The van der Waals surface area contributed by atoms with Crippen molar-refractivity contribution in [1.29, 1.82) is 0 Å². The summed E-state index contributed by atoms with van der Waals surface area (Å²) < 4.78 is 4.92. The third kappa shape index (κ3) is 2.44. The molecule has 2 fully saturated rings. The van der Waals surface area contributed by atoms with Gasteiger partial charge in [0, 0.05) is 19.1 Å². The summed E-state index contributed by atoms with van der Waals surface area (Å²) in [5.41, 5.74) is 1.14. The maximum absolute atomic E-state index is 12.1. The Morgan fingerprint density at radius 3 is 2.67 bits per heavy atom. The first-order valence-corrected chi connectivity index (χ1v) is 7.05. The zero-order valence-corrected chi connectivity index (χ0v) is 11.9. The maximum atomic E-state index is 12.1. The van der Waals surface area contributed by atoms with Crippen molar-refractivity contribution < 1.29 is 14.3 Å². The van der Waals surface area contributed by atoms with Crippen molar-refractivity contribution in [3.63, 3.8) is 0 Å². The number of carbonyl (C=O) groups excluding carboxylic acids is 2. The first kappa shape index (κ1) is 14.1. The molecule has 3 unspecified atom stereocenters. The van der Waals surface area contributed by atoms with E-state index >= 15 is 0 Å². The van der Waals surface area contributed by atoms with Crippen molar-refractivity contribution in [2.75, 3.05) is 13.7 Å². The molecule has 0 saturated carbocycles. The zero-order chi connectivity index (χ0) is 15.0. The summed E-state index contributed by atoms with van der Waals surface area (Å²) in [4.78, 5) is 27.3. The fraction of sp³-hybridized carbons (Fsp3) is 0.467. The van der Waals surface area contributed by atoms with Crippen molar-refractivity contribution in [1.82, 2.24) is 9.80 Å². The number of likely N-dealkylation sites (tertiary alicyclic amines) is 2. The molecule has 0 spiro atoms. The third-order valence-corrected chi connectivity index (χ3v) is 4.45. The van der Waals surface area contributed by atoms with Gasteiger partial charge < -0.3 is 9.64 Å². The Hall–Kier alpha value is -1.82. The lowest BCUT2D eigenvalue weighted by molar-refractivity contribution is -0.149. The minimum atomic E-state index is -0.462. The van der Waals surface area contributed by atoms with E-state index in [-0.39, 0.29) is 18.1 Å². The van der Waals surface area contributed by atoms with Crippen LogP contribution in [0.5, 0.6) is 0 Å². The molecule has 3 atom stereocenters. The lowest BCUT2D eigenvalue weighted by atomic mass is 10.0. The number of carbonyl (C=O) groups is 2. The molecular weight excluding hydrogens is 267 g/mol. The Bertz CT molecular complexity index is 551. The molecule has 1 aromatic rings. The number of amides is 1. The summed E-state index contributed by atoms with van der Waals surface area (Å²) in [5, 5.41) is 0. The predicted molar refractivity (Wildman–Crippen MR) is 77.8 cm³/mol. The molecule has 5 nitrogen and oxygen atoms in total. The fourth-order valence-electron chi connectivity index (χ4n) is 3.52. The Morgan fingerprint density at radius 1 is 1.33 bits per heavy atom. The lowest BCUT2D eigenvalue weighted by Crippen LogP contribution is -2.57. The van der Waals surface area contributed by atoms with Gasteiger partial charge in [0.05, 0.1) is 13.2 Å². The van der Waals surface area contributed by atoms with E-state index in [0.29, 0.717) is 13.1 Å². The number of methoxy groups -OCH3 is 1. The summed E-state index contributed by atoms with van der Waals surface area (Å²) in [6.07, 6.45) is 0.773. The van der Waals surface area contributed by atoms with E-state index in [0.717, 1.165) is 12.0 Å². The van der Waals surface area contributed by atoms with Gasteiger partial charge in [-0.3, -0.25) is 14.5 Å². The Morgan fingerprint density at radius 2 is 2.05 bits per heavy atom. The third-order valence-electron chi connectivity index (χ3n) is 4.45. The van der Waals surface area contributed by atoms with Crippen LogP contribution in [0.4, 0.5) is 4.79 Å². The van der Waals surface area contributed by atoms with E-state index in [2.05, 4.69) is 4.90 Å². The van der Waals surface area contributed by atoms with E-state index in [1.807, 2.05) is 30.3 Å². The topological polar surface area (TPSA) is 49.9 Å². The number of hydrogen-bond donors (Lipinski definition) is 0. The van der Waals surface area contributed by atoms with Crippen LogP contribution in [0.2, 0.25) is 0 Å². The van der Waals surface area contributed by atoms with Crippen LogP contribution in [-0.4, -0.2) is 61.2 Å². The van der Waals surface area contributed by atoms with Crippen LogP contribution >= 0.6 is 0 Å². The van der Waals surface area contributed by atoms with Gasteiger partial charge in [-0.1, -0.05) is 30.3 Å². The van der Waals surface area contributed by atoms with Gasteiger partial charge in [-0.2, -0.15) is 0 Å². The molecule has 2 heterocycles. The van der Waals surface area contributed by atoms with Gasteiger partial charge in [-0.15, -0.1) is 0 Å². The number of esters is 1. The molecule has 0 aromatic heterocycles. The normalized spacial score (nSPS) is 27.9. The Kier molecular flexibility index (Phi) is 3.72. The highest BCUT2D eigenvalue weighted by Gasteiger charge is 2.54. The monoisotopic (exact) mass is 284 g/mol. The van der Waals surface area contributed by atoms with Crippen LogP contribution < -0.4 is 0 Å². The van der Waals surface area contributed by atoms with Gasteiger partial charge >= 0.3 is 5.97 Å². The molecule has 21 heavy (non-hydrogen) atoms. The number of piperazine rings is 1. The lowest BCUT2D eigenvalue weighted by Gasteiger charge is -2.39. The van der Waals surface area contributed by atoms with Crippen LogP contribution in [0.1, 0.15) is 12.0 Å².